The fourth-order valence-corrected chi connectivity index (χ4v) is 0.557. The normalized spacial score (nSPS) is 13.7. The maximum absolute atomic E-state index is 5.48. The summed E-state index contributed by atoms with van der Waals surface area (Å²) in [5.41, 5.74) is 10.8. The van der Waals surface area contributed by atoms with E-state index in [9.17, 15) is 0 Å². The Bertz CT molecular complexity index is 54.3. The topological polar surface area (TPSA) is 64.1 Å². The van der Waals surface area contributed by atoms with Crippen LogP contribution in [-0.4, -0.2) is 25.7 Å². The summed E-state index contributed by atoms with van der Waals surface area (Å²) in [6.45, 7) is 4.61. The zero-order valence-corrected chi connectivity index (χ0v) is 6.06. The van der Waals surface area contributed by atoms with Gasteiger partial charge in [0.15, 0.2) is 0 Å². The Balaban J connectivity index is 2.75. The molecule has 0 aliphatic heterocycles. The molecule has 0 fully saturated rings. The number of hydrogen-bond acceptors (Lipinski definition) is 3. The van der Waals surface area contributed by atoms with Gasteiger partial charge >= 0.3 is 0 Å². The zero-order valence-electron chi connectivity index (χ0n) is 6.06. The first-order valence-electron chi connectivity index (χ1n) is 3.43. The highest BCUT2D eigenvalue weighted by Crippen LogP contribution is 1.72. The van der Waals surface area contributed by atoms with E-state index in [1.54, 1.807) is 0 Å². The average molecular weight is 131 g/mol. The first-order valence-corrected chi connectivity index (χ1v) is 3.43. The van der Waals surface area contributed by atoms with Crippen LogP contribution in [0, 0.1) is 0 Å². The lowest BCUT2D eigenvalue weighted by Gasteiger charge is -2.05. The summed E-state index contributed by atoms with van der Waals surface area (Å²) in [6.07, 6.45) is 1.03. The quantitative estimate of drug-likeness (QED) is 0.431. The Hall–Kier alpha value is -0.120. The Morgan fingerprint density at radius 1 is 1.56 bits per heavy atom. The highest BCUT2D eigenvalue weighted by molar-refractivity contribution is 4.56. The molecule has 3 heteroatoms. The van der Waals surface area contributed by atoms with Gasteiger partial charge in [-0.05, 0) is 26.4 Å². The van der Waals surface area contributed by atoms with Gasteiger partial charge in [-0.1, -0.05) is 0 Å². The summed E-state index contributed by atoms with van der Waals surface area (Å²) in [4.78, 5) is 0. The lowest BCUT2D eigenvalue weighted by molar-refractivity contribution is 0.594. The van der Waals surface area contributed by atoms with E-state index in [0.29, 0.717) is 0 Å². The van der Waals surface area contributed by atoms with Crippen LogP contribution in [0.5, 0.6) is 0 Å². The van der Waals surface area contributed by atoms with Crippen molar-refractivity contribution in [2.24, 2.45) is 11.5 Å². The lowest BCUT2D eigenvalue weighted by atomic mass is 10.3. The molecule has 5 N–H and O–H groups in total. The average Bonchev–Trinajstić information content (AvgIpc) is 1.80. The fourth-order valence-electron chi connectivity index (χ4n) is 0.557. The van der Waals surface area contributed by atoms with Gasteiger partial charge < -0.3 is 16.8 Å². The van der Waals surface area contributed by atoms with Crippen molar-refractivity contribution in [2.75, 3.05) is 19.6 Å². The zero-order chi connectivity index (χ0) is 7.11. The largest absolute Gasteiger partial charge is 0.330 e. The Kier molecular flexibility index (Phi) is 5.93. The van der Waals surface area contributed by atoms with Crippen LogP contribution in [0.3, 0.4) is 0 Å². The number of nitrogens with two attached hydrogens (primary N) is 2. The van der Waals surface area contributed by atoms with Gasteiger partial charge in [-0.3, -0.25) is 0 Å². The van der Waals surface area contributed by atoms with Crippen molar-refractivity contribution in [3.8, 4) is 0 Å². The lowest BCUT2D eigenvalue weighted by Crippen LogP contribution is -2.32. The van der Waals surface area contributed by atoms with Gasteiger partial charge in [0.25, 0.3) is 0 Å². The van der Waals surface area contributed by atoms with Crippen molar-refractivity contribution in [1.82, 2.24) is 5.32 Å². The smallest absolute Gasteiger partial charge is 0.0136 e. The maximum atomic E-state index is 5.48. The maximum Gasteiger partial charge on any atom is 0.0136 e. The fraction of sp³-hybridized carbons (Fsp3) is 1.00. The molecular formula is C6H17N3. The molecule has 0 aliphatic carbocycles. The first kappa shape index (κ1) is 8.88. The molecule has 0 aromatic heterocycles. The number of rotatable bonds is 5. The summed E-state index contributed by atoms with van der Waals surface area (Å²) in [6, 6.07) is 0.253. The Morgan fingerprint density at radius 3 is 2.67 bits per heavy atom. The number of nitrogens with one attached hydrogen (secondary N) is 1. The van der Waals surface area contributed by atoms with Gasteiger partial charge in [0, 0.05) is 12.6 Å². The molecule has 1 unspecified atom stereocenters. The first-order chi connectivity index (χ1) is 4.27. The van der Waals surface area contributed by atoms with Crippen LogP contribution >= 0.6 is 0 Å². The molecule has 0 saturated heterocycles. The summed E-state index contributed by atoms with van der Waals surface area (Å²) < 4.78 is 0. The molecule has 56 valence electrons. The minimum absolute atomic E-state index is 0.253. The minimum Gasteiger partial charge on any atom is -0.330 e. The predicted octanol–water partition coefficient (Wildman–Crippen LogP) is -0.728. The van der Waals surface area contributed by atoms with Crippen LogP contribution in [0.15, 0.2) is 0 Å². The van der Waals surface area contributed by atoms with Crippen molar-refractivity contribution in [3.63, 3.8) is 0 Å². The van der Waals surface area contributed by atoms with Crippen molar-refractivity contribution >= 4 is 0 Å². The third kappa shape index (κ3) is 7.88. The second-order valence-corrected chi connectivity index (χ2v) is 2.32. The molecule has 0 bridgehead atoms. The summed E-state index contributed by atoms with van der Waals surface area (Å²) in [5.74, 6) is 0. The van der Waals surface area contributed by atoms with Gasteiger partial charge in [-0.2, -0.15) is 0 Å². The van der Waals surface area contributed by atoms with E-state index in [1.165, 1.54) is 0 Å². The van der Waals surface area contributed by atoms with E-state index in [0.717, 1.165) is 26.1 Å². The second kappa shape index (κ2) is 6.01. The summed E-state index contributed by atoms with van der Waals surface area (Å²) >= 11 is 0. The predicted molar refractivity (Wildman–Crippen MR) is 40.2 cm³/mol. The molecule has 0 radical (unpaired) electrons. The van der Waals surface area contributed by atoms with E-state index in [2.05, 4.69) is 5.32 Å². The molecule has 0 aromatic carbocycles. The minimum atomic E-state index is 0.253. The summed E-state index contributed by atoms with van der Waals surface area (Å²) in [5, 5.41) is 3.18. The van der Waals surface area contributed by atoms with Crippen molar-refractivity contribution in [3.05, 3.63) is 0 Å². The van der Waals surface area contributed by atoms with Crippen molar-refractivity contribution in [2.45, 2.75) is 19.4 Å². The molecule has 0 saturated carbocycles. The molecule has 0 rings (SSSR count). The molecule has 9 heavy (non-hydrogen) atoms. The number of hydrogen-bond donors (Lipinski definition) is 3. The van der Waals surface area contributed by atoms with Crippen LogP contribution < -0.4 is 16.8 Å². The third-order valence-electron chi connectivity index (χ3n) is 1.02. The second-order valence-electron chi connectivity index (χ2n) is 2.32. The van der Waals surface area contributed by atoms with E-state index < -0.39 is 0 Å². The molecule has 0 aliphatic rings. The van der Waals surface area contributed by atoms with Crippen LogP contribution in [0.4, 0.5) is 0 Å². The molecule has 0 heterocycles. The SMILES string of the molecule is CC(N)CNCCCN. The van der Waals surface area contributed by atoms with E-state index in [4.69, 9.17) is 11.5 Å². The highest BCUT2D eigenvalue weighted by Gasteiger charge is 1.90. The monoisotopic (exact) mass is 131 g/mol. The molecular weight excluding hydrogens is 114 g/mol. The van der Waals surface area contributed by atoms with Crippen LogP contribution in [0.2, 0.25) is 0 Å². The van der Waals surface area contributed by atoms with Crippen molar-refractivity contribution < 1.29 is 0 Å². The van der Waals surface area contributed by atoms with E-state index in [1.807, 2.05) is 6.92 Å². The highest BCUT2D eigenvalue weighted by atomic mass is 14.9. The van der Waals surface area contributed by atoms with Crippen LogP contribution in [0.25, 0.3) is 0 Å². The van der Waals surface area contributed by atoms with E-state index >= 15 is 0 Å². The molecule has 0 spiro atoms. The van der Waals surface area contributed by atoms with Gasteiger partial charge in [0.1, 0.15) is 0 Å². The Labute approximate surface area is 56.8 Å². The molecule has 0 aromatic rings. The van der Waals surface area contributed by atoms with Gasteiger partial charge in [-0.25, -0.2) is 0 Å². The molecule has 0 amide bonds. The van der Waals surface area contributed by atoms with Crippen molar-refractivity contribution in [1.29, 1.82) is 0 Å². The van der Waals surface area contributed by atoms with E-state index in [-0.39, 0.29) is 6.04 Å². The Morgan fingerprint density at radius 2 is 2.22 bits per heavy atom. The summed E-state index contributed by atoms with van der Waals surface area (Å²) in [7, 11) is 0. The molecule has 1 atom stereocenters. The standard InChI is InChI=1S/C6H17N3/c1-6(8)5-9-4-2-3-7/h6,9H,2-5,7-8H2,1H3. The van der Waals surface area contributed by atoms with Crippen LogP contribution in [0.1, 0.15) is 13.3 Å². The van der Waals surface area contributed by atoms with Gasteiger partial charge in [0.2, 0.25) is 0 Å². The van der Waals surface area contributed by atoms with Crippen LogP contribution in [-0.2, 0) is 0 Å². The molecule has 3 nitrogen and oxygen atoms in total. The third-order valence-corrected chi connectivity index (χ3v) is 1.02. The van der Waals surface area contributed by atoms with Gasteiger partial charge in [-0.15, -0.1) is 0 Å². The van der Waals surface area contributed by atoms with Gasteiger partial charge in [0.05, 0.1) is 0 Å².